The molecule has 2 atom stereocenters. The number of nitrogens with one attached hydrogen (secondary N) is 1. The Morgan fingerprint density at radius 2 is 1.88 bits per heavy atom. The Morgan fingerprint density at radius 3 is 2.50 bits per heavy atom. The molecular formula is C21H34IN3O. The Labute approximate surface area is 175 Å². The van der Waals surface area contributed by atoms with Crippen LogP contribution in [0.2, 0.25) is 0 Å². The maximum absolute atomic E-state index is 10.0. The quantitative estimate of drug-likeness (QED) is 0.391. The van der Waals surface area contributed by atoms with Gasteiger partial charge in [0.1, 0.15) is 0 Å². The van der Waals surface area contributed by atoms with E-state index in [0.29, 0.717) is 5.92 Å². The number of aliphatic hydroxyl groups excluding tert-OH is 1. The van der Waals surface area contributed by atoms with Gasteiger partial charge in [0.2, 0.25) is 0 Å². The number of likely N-dealkylation sites (tertiary alicyclic amines) is 1. The number of hydrogen-bond acceptors (Lipinski definition) is 2. The van der Waals surface area contributed by atoms with Crippen LogP contribution in [-0.2, 0) is 6.42 Å². The van der Waals surface area contributed by atoms with Crippen LogP contribution in [-0.4, -0.2) is 48.2 Å². The molecule has 3 rings (SSSR count). The van der Waals surface area contributed by atoms with Gasteiger partial charge in [-0.15, -0.1) is 24.0 Å². The summed E-state index contributed by atoms with van der Waals surface area (Å²) in [6, 6.07) is 10.8. The molecule has 2 unspecified atom stereocenters. The SMILES string of the molecule is CCNC(=NCC1CCCC1O)N1CCC(Cc2ccccc2)CC1.I. The van der Waals surface area contributed by atoms with E-state index in [2.05, 4.69) is 47.5 Å². The fourth-order valence-electron chi connectivity index (χ4n) is 4.16. The summed E-state index contributed by atoms with van der Waals surface area (Å²) in [6.45, 7) is 5.94. The van der Waals surface area contributed by atoms with Crippen molar-refractivity contribution >= 4 is 29.9 Å². The number of aliphatic imine (C=N–C) groups is 1. The molecule has 0 amide bonds. The lowest BCUT2D eigenvalue weighted by Gasteiger charge is -2.34. The first kappa shape index (κ1) is 21.5. The van der Waals surface area contributed by atoms with Crippen molar-refractivity contribution in [1.82, 2.24) is 10.2 Å². The minimum absolute atomic E-state index is 0. The van der Waals surface area contributed by atoms with E-state index in [4.69, 9.17) is 4.99 Å². The van der Waals surface area contributed by atoms with Crippen LogP contribution in [0.1, 0.15) is 44.6 Å². The van der Waals surface area contributed by atoms with Crippen molar-refractivity contribution in [2.45, 2.75) is 51.6 Å². The number of aliphatic hydroxyl groups is 1. The molecule has 26 heavy (non-hydrogen) atoms. The van der Waals surface area contributed by atoms with Gasteiger partial charge in [-0.25, -0.2) is 0 Å². The molecule has 1 aliphatic heterocycles. The lowest BCUT2D eigenvalue weighted by atomic mass is 9.90. The number of nitrogens with zero attached hydrogens (tertiary/aromatic N) is 2. The van der Waals surface area contributed by atoms with E-state index in [1.54, 1.807) is 0 Å². The van der Waals surface area contributed by atoms with Gasteiger partial charge < -0.3 is 15.3 Å². The Morgan fingerprint density at radius 1 is 1.15 bits per heavy atom. The molecule has 1 aromatic carbocycles. The van der Waals surface area contributed by atoms with Crippen molar-refractivity contribution in [2.24, 2.45) is 16.8 Å². The van der Waals surface area contributed by atoms with Crippen molar-refractivity contribution < 1.29 is 5.11 Å². The molecule has 4 nitrogen and oxygen atoms in total. The summed E-state index contributed by atoms with van der Waals surface area (Å²) in [5, 5.41) is 13.5. The summed E-state index contributed by atoms with van der Waals surface area (Å²) in [4.78, 5) is 7.26. The molecule has 2 fully saturated rings. The average molecular weight is 471 g/mol. The minimum atomic E-state index is -0.150. The van der Waals surface area contributed by atoms with Gasteiger partial charge in [-0.05, 0) is 50.5 Å². The number of rotatable bonds is 5. The van der Waals surface area contributed by atoms with Gasteiger partial charge in [0, 0.05) is 32.1 Å². The molecule has 1 aromatic rings. The number of hydrogen-bond donors (Lipinski definition) is 2. The zero-order valence-electron chi connectivity index (χ0n) is 15.9. The second-order valence-electron chi connectivity index (χ2n) is 7.57. The molecule has 1 saturated carbocycles. The van der Waals surface area contributed by atoms with Crippen LogP contribution in [0, 0.1) is 11.8 Å². The molecule has 0 bridgehead atoms. The zero-order valence-corrected chi connectivity index (χ0v) is 18.3. The van der Waals surface area contributed by atoms with Crippen molar-refractivity contribution in [2.75, 3.05) is 26.2 Å². The van der Waals surface area contributed by atoms with Gasteiger partial charge in [0.05, 0.1) is 6.10 Å². The largest absolute Gasteiger partial charge is 0.393 e. The van der Waals surface area contributed by atoms with E-state index in [1.165, 1.54) is 24.8 Å². The lowest BCUT2D eigenvalue weighted by Crippen LogP contribution is -2.46. The number of piperidine rings is 1. The maximum atomic E-state index is 10.0. The summed E-state index contributed by atoms with van der Waals surface area (Å²) >= 11 is 0. The minimum Gasteiger partial charge on any atom is -0.393 e. The molecule has 5 heteroatoms. The first-order valence-electron chi connectivity index (χ1n) is 10.0. The molecule has 2 N–H and O–H groups in total. The van der Waals surface area contributed by atoms with Gasteiger partial charge >= 0.3 is 0 Å². The van der Waals surface area contributed by atoms with Crippen molar-refractivity contribution in [3.8, 4) is 0 Å². The monoisotopic (exact) mass is 471 g/mol. The number of halogens is 1. The van der Waals surface area contributed by atoms with Gasteiger partial charge in [-0.1, -0.05) is 36.8 Å². The van der Waals surface area contributed by atoms with E-state index in [-0.39, 0.29) is 30.1 Å². The Bertz CT molecular complexity index is 543. The third-order valence-corrected chi connectivity index (χ3v) is 5.71. The summed E-state index contributed by atoms with van der Waals surface area (Å²) in [7, 11) is 0. The summed E-state index contributed by atoms with van der Waals surface area (Å²) in [5.74, 6) is 2.17. The average Bonchev–Trinajstić information content (AvgIpc) is 3.05. The smallest absolute Gasteiger partial charge is 0.193 e. The van der Waals surface area contributed by atoms with E-state index in [1.807, 2.05) is 0 Å². The van der Waals surface area contributed by atoms with Crippen molar-refractivity contribution in [1.29, 1.82) is 0 Å². The van der Waals surface area contributed by atoms with Crippen LogP contribution < -0.4 is 5.32 Å². The van der Waals surface area contributed by atoms with E-state index < -0.39 is 0 Å². The standard InChI is InChI=1S/C21H33N3O.HI/c1-2-22-21(23-16-19-9-6-10-20(19)25)24-13-11-18(12-14-24)15-17-7-4-3-5-8-17;/h3-5,7-8,18-20,25H,2,6,9-16H2,1H3,(H,22,23);1H. The molecule has 1 heterocycles. The molecule has 2 aliphatic rings. The van der Waals surface area contributed by atoms with Crippen LogP contribution in [0.5, 0.6) is 0 Å². The normalized spacial score (nSPS) is 24.4. The highest BCUT2D eigenvalue weighted by molar-refractivity contribution is 14.0. The maximum Gasteiger partial charge on any atom is 0.193 e. The van der Waals surface area contributed by atoms with Gasteiger partial charge in [0.25, 0.3) is 0 Å². The molecule has 0 aromatic heterocycles. The topological polar surface area (TPSA) is 47.9 Å². The molecular weight excluding hydrogens is 437 g/mol. The Hall–Kier alpha value is -0.820. The number of guanidine groups is 1. The van der Waals surface area contributed by atoms with Crippen LogP contribution >= 0.6 is 24.0 Å². The predicted molar refractivity (Wildman–Crippen MR) is 119 cm³/mol. The first-order chi connectivity index (χ1) is 12.3. The van der Waals surface area contributed by atoms with Crippen molar-refractivity contribution in [3.05, 3.63) is 35.9 Å². The van der Waals surface area contributed by atoms with Crippen LogP contribution in [0.3, 0.4) is 0 Å². The molecule has 1 aliphatic carbocycles. The second-order valence-corrected chi connectivity index (χ2v) is 7.57. The summed E-state index contributed by atoms with van der Waals surface area (Å²) < 4.78 is 0. The van der Waals surface area contributed by atoms with Gasteiger partial charge in [-0.2, -0.15) is 0 Å². The second kappa shape index (κ2) is 11.1. The third kappa shape index (κ3) is 6.12. The first-order valence-corrected chi connectivity index (χ1v) is 10.0. The van der Waals surface area contributed by atoms with E-state index in [9.17, 15) is 5.11 Å². The number of benzene rings is 1. The van der Waals surface area contributed by atoms with Crippen LogP contribution in [0.15, 0.2) is 35.3 Å². The molecule has 0 spiro atoms. The highest BCUT2D eigenvalue weighted by Crippen LogP contribution is 2.26. The molecule has 0 radical (unpaired) electrons. The molecule has 146 valence electrons. The van der Waals surface area contributed by atoms with Crippen LogP contribution in [0.4, 0.5) is 0 Å². The highest BCUT2D eigenvalue weighted by atomic mass is 127. The van der Waals surface area contributed by atoms with Crippen LogP contribution in [0.25, 0.3) is 0 Å². The highest BCUT2D eigenvalue weighted by Gasteiger charge is 2.26. The summed E-state index contributed by atoms with van der Waals surface area (Å²) in [6.07, 6.45) is 6.70. The van der Waals surface area contributed by atoms with E-state index >= 15 is 0 Å². The molecule has 1 saturated heterocycles. The van der Waals surface area contributed by atoms with Gasteiger partial charge in [-0.3, -0.25) is 4.99 Å². The fraction of sp³-hybridized carbons (Fsp3) is 0.667. The van der Waals surface area contributed by atoms with Gasteiger partial charge in [0.15, 0.2) is 5.96 Å². The third-order valence-electron chi connectivity index (χ3n) is 5.71. The van der Waals surface area contributed by atoms with Crippen molar-refractivity contribution in [3.63, 3.8) is 0 Å². The predicted octanol–water partition coefficient (Wildman–Crippen LogP) is 3.69. The Kier molecular flexibility index (Phi) is 9.19. The van der Waals surface area contributed by atoms with E-state index in [0.717, 1.165) is 57.3 Å². The summed E-state index contributed by atoms with van der Waals surface area (Å²) in [5.41, 5.74) is 1.46. The zero-order chi connectivity index (χ0) is 17.5. The lowest BCUT2D eigenvalue weighted by molar-refractivity contribution is 0.136. The Balaban J connectivity index is 0.00000243. The fourth-order valence-corrected chi connectivity index (χ4v) is 4.16.